The molecule has 122 valence electrons. The minimum atomic E-state index is -0.169. The van der Waals surface area contributed by atoms with E-state index in [2.05, 4.69) is 27.0 Å². The monoisotopic (exact) mass is 324 g/mol. The molecule has 1 aromatic heterocycles. The zero-order chi connectivity index (χ0) is 15.9. The van der Waals surface area contributed by atoms with Gasteiger partial charge in [0.2, 0.25) is 5.91 Å². The maximum absolute atomic E-state index is 12.4. The Morgan fingerprint density at radius 2 is 2.23 bits per heavy atom. The number of anilines is 1. The number of rotatable bonds is 5. The first-order valence-corrected chi connectivity index (χ1v) is 8.37. The van der Waals surface area contributed by atoms with E-state index in [9.17, 15) is 4.79 Å². The molecule has 1 aliphatic heterocycles. The van der Waals surface area contributed by atoms with E-state index in [1.807, 2.05) is 6.92 Å². The van der Waals surface area contributed by atoms with Crippen LogP contribution in [0.1, 0.15) is 26.7 Å². The molecule has 1 aromatic rings. The molecule has 22 heavy (non-hydrogen) atoms. The lowest BCUT2D eigenvalue weighted by molar-refractivity contribution is -0.120. The minimum absolute atomic E-state index is 0.0289. The molecule has 1 saturated heterocycles. The molecule has 0 spiro atoms. The maximum Gasteiger partial charge on any atom is 0.241 e. The van der Waals surface area contributed by atoms with Crippen molar-refractivity contribution in [3.8, 4) is 0 Å². The summed E-state index contributed by atoms with van der Waals surface area (Å²) in [5.41, 5.74) is 0.573. The number of hydrogen-bond donors (Lipinski definition) is 1. The third kappa shape index (κ3) is 4.66. The van der Waals surface area contributed by atoms with Gasteiger partial charge < -0.3 is 10.2 Å². The lowest BCUT2D eigenvalue weighted by atomic mass is 10.2. The van der Waals surface area contributed by atoms with Gasteiger partial charge in [-0.3, -0.25) is 9.69 Å². The molecule has 0 saturated carbocycles. The number of nitrogens with one attached hydrogen (secondary N) is 1. The Labute approximate surface area is 137 Å². The molecule has 2 rings (SSSR count). The fourth-order valence-corrected chi connectivity index (χ4v) is 2.97. The SMILES string of the molecule is CCCN1CCCN([C@@H](C)C(=O)Nc2cccnc2Cl)CC1. The summed E-state index contributed by atoms with van der Waals surface area (Å²) < 4.78 is 0. The third-order valence-electron chi connectivity index (χ3n) is 4.11. The average molecular weight is 325 g/mol. The quantitative estimate of drug-likeness (QED) is 0.845. The van der Waals surface area contributed by atoms with Gasteiger partial charge in [0.05, 0.1) is 11.7 Å². The molecule has 1 N–H and O–H groups in total. The van der Waals surface area contributed by atoms with Crippen molar-refractivity contribution in [2.24, 2.45) is 0 Å². The number of hydrogen-bond acceptors (Lipinski definition) is 4. The van der Waals surface area contributed by atoms with E-state index < -0.39 is 0 Å². The lowest BCUT2D eigenvalue weighted by Crippen LogP contribution is -2.44. The first-order chi connectivity index (χ1) is 10.6. The Kier molecular flexibility index (Phi) is 6.61. The van der Waals surface area contributed by atoms with Crippen LogP contribution in [0, 0.1) is 0 Å². The molecule has 1 amide bonds. The van der Waals surface area contributed by atoms with E-state index in [0.717, 1.165) is 39.1 Å². The summed E-state index contributed by atoms with van der Waals surface area (Å²) in [6.45, 7) is 9.32. The van der Waals surface area contributed by atoms with Crippen molar-refractivity contribution in [3.63, 3.8) is 0 Å². The normalized spacial score (nSPS) is 18.7. The fourth-order valence-electron chi connectivity index (χ4n) is 2.80. The summed E-state index contributed by atoms with van der Waals surface area (Å²) >= 11 is 5.99. The molecule has 0 aromatic carbocycles. The Bertz CT molecular complexity index is 497. The second kappa shape index (κ2) is 8.46. The summed E-state index contributed by atoms with van der Waals surface area (Å²) in [6, 6.07) is 3.37. The number of nitrogens with zero attached hydrogens (tertiary/aromatic N) is 3. The second-order valence-electron chi connectivity index (χ2n) is 5.74. The number of amides is 1. The molecule has 0 bridgehead atoms. The molecule has 1 aliphatic rings. The van der Waals surface area contributed by atoms with Crippen LogP contribution in [0.2, 0.25) is 5.15 Å². The summed E-state index contributed by atoms with van der Waals surface area (Å²) in [5.74, 6) is -0.0289. The minimum Gasteiger partial charge on any atom is -0.322 e. The highest BCUT2D eigenvalue weighted by Gasteiger charge is 2.24. The van der Waals surface area contributed by atoms with Crippen molar-refractivity contribution in [2.75, 3.05) is 38.0 Å². The Hall–Kier alpha value is -1.17. The Balaban J connectivity index is 1.91. The molecule has 0 unspecified atom stereocenters. The van der Waals surface area contributed by atoms with Gasteiger partial charge in [-0.25, -0.2) is 4.98 Å². The van der Waals surface area contributed by atoms with Crippen molar-refractivity contribution < 1.29 is 4.79 Å². The van der Waals surface area contributed by atoms with Gasteiger partial charge in [-0.1, -0.05) is 18.5 Å². The van der Waals surface area contributed by atoms with Crippen LogP contribution in [0.5, 0.6) is 0 Å². The Morgan fingerprint density at radius 1 is 1.41 bits per heavy atom. The van der Waals surface area contributed by atoms with Crippen LogP contribution in [0.15, 0.2) is 18.3 Å². The third-order valence-corrected chi connectivity index (χ3v) is 4.41. The summed E-state index contributed by atoms with van der Waals surface area (Å²) in [7, 11) is 0. The molecular formula is C16H25ClN4O. The van der Waals surface area contributed by atoms with Gasteiger partial charge in [-0.05, 0) is 45.0 Å². The van der Waals surface area contributed by atoms with E-state index in [1.165, 1.54) is 6.42 Å². The van der Waals surface area contributed by atoms with E-state index in [-0.39, 0.29) is 11.9 Å². The number of halogens is 1. The topological polar surface area (TPSA) is 48.5 Å². The molecule has 1 atom stereocenters. The van der Waals surface area contributed by atoms with Crippen molar-refractivity contribution in [1.29, 1.82) is 0 Å². The predicted octanol–water partition coefficient (Wildman–Crippen LogP) is 2.48. The molecule has 2 heterocycles. The molecule has 0 radical (unpaired) electrons. The predicted molar refractivity (Wildman–Crippen MR) is 90.3 cm³/mol. The van der Waals surface area contributed by atoms with Gasteiger partial charge >= 0.3 is 0 Å². The molecule has 0 aliphatic carbocycles. The average Bonchev–Trinajstić information content (AvgIpc) is 2.75. The number of carbonyl (C=O) groups excluding carboxylic acids is 1. The van der Waals surface area contributed by atoms with Gasteiger partial charge in [-0.15, -0.1) is 0 Å². The van der Waals surface area contributed by atoms with Crippen LogP contribution in [0.25, 0.3) is 0 Å². The largest absolute Gasteiger partial charge is 0.322 e. The zero-order valence-corrected chi connectivity index (χ0v) is 14.1. The standard InChI is InChI=1S/C16H25ClN4O/c1-3-8-20-9-5-10-21(12-11-20)13(2)16(22)19-14-6-4-7-18-15(14)17/h4,6-7,13H,3,5,8-12H2,1-2H3,(H,19,22)/t13-/m0/s1. The van der Waals surface area contributed by atoms with E-state index in [0.29, 0.717) is 10.8 Å². The van der Waals surface area contributed by atoms with Crippen molar-refractivity contribution >= 4 is 23.2 Å². The van der Waals surface area contributed by atoms with Gasteiger partial charge in [-0.2, -0.15) is 0 Å². The van der Waals surface area contributed by atoms with Crippen molar-refractivity contribution in [3.05, 3.63) is 23.5 Å². The summed E-state index contributed by atoms with van der Waals surface area (Å²) in [6.07, 6.45) is 3.89. The molecular weight excluding hydrogens is 300 g/mol. The van der Waals surface area contributed by atoms with E-state index in [4.69, 9.17) is 11.6 Å². The van der Waals surface area contributed by atoms with E-state index >= 15 is 0 Å². The van der Waals surface area contributed by atoms with Gasteiger partial charge in [0.25, 0.3) is 0 Å². The smallest absolute Gasteiger partial charge is 0.241 e. The highest BCUT2D eigenvalue weighted by atomic mass is 35.5. The van der Waals surface area contributed by atoms with Gasteiger partial charge in [0, 0.05) is 25.8 Å². The van der Waals surface area contributed by atoms with Gasteiger partial charge in [0.15, 0.2) is 5.15 Å². The van der Waals surface area contributed by atoms with Gasteiger partial charge in [0.1, 0.15) is 0 Å². The van der Waals surface area contributed by atoms with Crippen molar-refractivity contribution in [2.45, 2.75) is 32.7 Å². The highest BCUT2D eigenvalue weighted by Crippen LogP contribution is 2.18. The van der Waals surface area contributed by atoms with Crippen LogP contribution in [0.3, 0.4) is 0 Å². The number of aromatic nitrogens is 1. The molecule has 1 fully saturated rings. The summed E-state index contributed by atoms with van der Waals surface area (Å²) in [5, 5.41) is 3.20. The number of pyridine rings is 1. The Morgan fingerprint density at radius 3 is 2.95 bits per heavy atom. The van der Waals surface area contributed by atoms with Crippen LogP contribution in [-0.2, 0) is 4.79 Å². The van der Waals surface area contributed by atoms with E-state index in [1.54, 1.807) is 18.3 Å². The van der Waals surface area contributed by atoms with Crippen LogP contribution in [-0.4, -0.2) is 59.5 Å². The number of carbonyl (C=O) groups is 1. The lowest BCUT2D eigenvalue weighted by Gasteiger charge is -2.27. The highest BCUT2D eigenvalue weighted by molar-refractivity contribution is 6.32. The zero-order valence-electron chi connectivity index (χ0n) is 13.4. The van der Waals surface area contributed by atoms with Crippen molar-refractivity contribution in [1.82, 2.24) is 14.8 Å². The van der Waals surface area contributed by atoms with Crippen LogP contribution in [0.4, 0.5) is 5.69 Å². The molecule has 6 heteroatoms. The summed E-state index contributed by atoms with van der Waals surface area (Å²) in [4.78, 5) is 21.1. The second-order valence-corrected chi connectivity index (χ2v) is 6.10. The first-order valence-electron chi connectivity index (χ1n) is 7.99. The molecule has 5 nitrogen and oxygen atoms in total. The van der Waals surface area contributed by atoms with Crippen LogP contribution < -0.4 is 5.32 Å². The fraction of sp³-hybridized carbons (Fsp3) is 0.625. The first kappa shape index (κ1) is 17.2. The van der Waals surface area contributed by atoms with Crippen LogP contribution >= 0.6 is 11.6 Å². The maximum atomic E-state index is 12.4.